The molecule has 1 aromatic carbocycles. The van der Waals surface area contributed by atoms with Gasteiger partial charge in [-0.15, -0.1) is 0 Å². The highest BCUT2D eigenvalue weighted by Crippen LogP contribution is 2.24. The first-order valence-electron chi connectivity index (χ1n) is 4.58. The van der Waals surface area contributed by atoms with Crippen molar-refractivity contribution in [3.63, 3.8) is 0 Å². The summed E-state index contributed by atoms with van der Waals surface area (Å²) in [5.74, 6) is -8.97. The van der Waals surface area contributed by atoms with E-state index >= 15 is 0 Å². The number of esters is 1. The van der Waals surface area contributed by atoms with Crippen LogP contribution in [0.3, 0.4) is 0 Å². The fourth-order valence-electron chi connectivity index (χ4n) is 0.996. The van der Waals surface area contributed by atoms with Gasteiger partial charge in [-0.25, -0.2) is 18.0 Å². The van der Waals surface area contributed by atoms with Gasteiger partial charge in [-0.3, -0.25) is 0 Å². The second-order valence-electron chi connectivity index (χ2n) is 2.89. The lowest BCUT2D eigenvalue weighted by molar-refractivity contribution is -0.145. The number of hydrogen-bond donors (Lipinski definition) is 0. The third-order valence-corrected chi connectivity index (χ3v) is 1.72. The van der Waals surface area contributed by atoms with Crippen LogP contribution in [-0.2, 0) is 9.53 Å². The fourth-order valence-corrected chi connectivity index (χ4v) is 0.996. The molecule has 0 N–H and O–H groups in total. The Morgan fingerprint density at radius 3 is 2.41 bits per heavy atom. The van der Waals surface area contributed by atoms with E-state index in [-0.39, 0.29) is 6.61 Å². The van der Waals surface area contributed by atoms with Gasteiger partial charge in [0, 0.05) is 6.07 Å². The Bertz CT molecular complexity index is 434. The molecule has 0 atom stereocenters. The molecule has 94 valence electrons. The normalized spacial score (nSPS) is 10.2. The summed E-state index contributed by atoms with van der Waals surface area (Å²) in [5, 5.41) is 0. The summed E-state index contributed by atoms with van der Waals surface area (Å²) in [6.45, 7) is 0.891. The van der Waals surface area contributed by atoms with Gasteiger partial charge in [0.1, 0.15) is 0 Å². The predicted molar refractivity (Wildman–Crippen MR) is 48.4 cm³/mol. The summed E-state index contributed by atoms with van der Waals surface area (Å²) in [5.41, 5.74) is 0. The van der Waals surface area contributed by atoms with Crippen molar-refractivity contribution in [1.82, 2.24) is 0 Å². The van der Waals surface area contributed by atoms with Gasteiger partial charge in [0.15, 0.2) is 24.0 Å². The Hall–Kier alpha value is -1.79. The first kappa shape index (κ1) is 13.3. The molecule has 0 aliphatic carbocycles. The summed E-state index contributed by atoms with van der Waals surface area (Å²) in [6.07, 6.45) is 0. The molecular formula is C10H8F4O3. The van der Waals surface area contributed by atoms with Crippen LogP contribution >= 0.6 is 0 Å². The summed E-state index contributed by atoms with van der Waals surface area (Å²) in [6, 6.07) is 0.312. The number of benzene rings is 1. The lowest BCUT2D eigenvalue weighted by Gasteiger charge is -2.07. The third kappa shape index (κ3) is 3.08. The van der Waals surface area contributed by atoms with Crippen LogP contribution in [0.15, 0.2) is 6.07 Å². The molecular weight excluding hydrogens is 244 g/mol. The first-order valence-corrected chi connectivity index (χ1v) is 4.58. The number of hydrogen-bond acceptors (Lipinski definition) is 3. The third-order valence-electron chi connectivity index (χ3n) is 1.72. The van der Waals surface area contributed by atoms with E-state index in [2.05, 4.69) is 9.47 Å². The van der Waals surface area contributed by atoms with Gasteiger partial charge in [-0.05, 0) is 6.92 Å². The van der Waals surface area contributed by atoms with Crippen molar-refractivity contribution < 1.29 is 31.8 Å². The van der Waals surface area contributed by atoms with Crippen LogP contribution in [0.25, 0.3) is 0 Å². The summed E-state index contributed by atoms with van der Waals surface area (Å²) < 4.78 is 59.9. The van der Waals surface area contributed by atoms with E-state index in [1.807, 2.05) is 0 Å². The number of carbonyl (C=O) groups excluding carboxylic acids is 1. The summed E-state index contributed by atoms with van der Waals surface area (Å²) >= 11 is 0. The number of carbonyl (C=O) groups is 1. The van der Waals surface area contributed by atoms with Gasteiger partial charge in [0.25, 0.3) is 0 Å². The average Bonchev–Trinajstić information content (AvgIpc) is 2.30. The van der Waals surface area contributed by atoms with Gasteiger partial charge in [-0.1, -0.05) is 0 Å². The Labute approximate surface area is 93.9 Å². The van der Waals surface area contributed by atoms with Crippen molar-refractivity contribution in [1.29, 1.82) is 0 Å². The lowest BCUT2D eigenvalue weighted by atomic mass is 10.3. The van der Waals surface area contributed by atoms with Gasteiger partial charge in [-0.2, -0.15) is 4.39 Å². The Kier molecular flexibility index (Phi) is 4.30. The quantitative estimate of drug-likeness (QED) is 0.356. The van der Waals surface area contributed by atoms with Crippen molar-refractivity contribution in [2.24, 2.45) is 0 Å². The van der Waals surface area contributed by atoms with Gasteiger partial charge in [0.2, 0.25) is 11.6 Å². The highest BCUT2D eigenvalue weighted by Gasteiger charge is 2.20. The molecule has 1 aromatic rings. The highest BCUT2D eigenvalue weighted by molar-refractivity contribution is 5.71. The van der Waals surface area contributed by atoms with Crippen molar-refractivity contribution in [3.8, 4) is 5.75 Å². The molecule has 7 heteroatoms. The van der Waals surface area contributed by atoms with E-state index < -0.39 is 41.6 Å². The molecule has 3 nitrogen and oxygen atoms in total. The van der Waals surface area contributed by atoms with Crippen LogP contribution in [0.1, 0.15) is 6.92 Å². The number of halogens is 4. The van der Waals surface area contributed by atoms with E-state index in [1.54, 1.807) is 0 Å². The SMILES string of the molecule is CCOC(=O)COc1cc(F)c(F)c(F)c1F. The van der Waals surface area contributed by atoms with E-state index in [1.165, 1.54) is 6.92 Å². The molecule has 17 heavy (non-hydrogen) atoms. The molecule has 0 amide bonds. The topological polar surface area (TPSA) is 35.5 Å². The molecule has 0 spiro atoms. The van der Waals surface area contributed by atoms with Crippen LogP contribution < -0.4 is 4.74 Å². The zero-order valence-corrected chi connectivity index (χ0v) is 8.73. The molecule has 0 bridgehead atoms. The minimum absolute atomic E-state index is 0.0802. The Balaban J connectivity index is 2.82. The minimum Gasteiger partial charge on any atom is -0.479 e. The van der Waals surface area contributed by atoms with Crippen LogP contribution in [0, 0.1) is 23.3 Å². The van der Waals surface area contributed by atoms with Gasteiger partial charge >= 0.3 is 5.97 Å². The van der Waals surface area contributed by atoms with Crippen LogP contribution in [0.5, 0.6) is 5.75 Å². The van der Waals surface area contributed by atoms with E-state index in [0.29, 0.717) is 6.07 Å². The van der Waals surface area contributed by atoms with E-state index in [9.17, 15) is 22.4 Å². The number of ether oxygens (including phenoxy) is 2. The molecule has 0 aliphatic heterocycles. The molecule has 0 saturated heterocycles. The maximum Gasteiger partial charge on any atom is 0.344 e. The van der Waals surface area contributed by atoms with Crippen LogP contribution in [0.2, 0.25) is 0 Å². The lowest BCUT2D eigenvalue weighted by Crippen LogP contribution is -2.15. The largest absolute Gasteiger partial charge is 0.479 e. The molecule has 0 fully saturated rings. The first-order chi connectivity index (χ1) is 7.97. The standard InChI is InChI=1S/C10H8F4O3/c1-2-16-7(15)4-17-6-3-5(11)8(12)10(14)9(6)13/h3H,2,4H2,1H3. The monoisotopic (exact) mass is 252 g/mol. The maximum absolute atomic E-state index is 13.0. The smallest absolute Gasteiger partial charge is 0.344 e. The molecule has 0 unspecified atom stereocenters. The fraction of sp³-hybridized carbons (Fsp3) is 0.300. The van der Waals surface area contributed by atoms with E-state index in [0.717, 1.165) is 0 Å². The van der Waals surface area contributed by atoms with Crippen molar-refractivity contribution in [3.05, 3.63) is 29.3 Å². The zero-order chi connectivity index (χ0) is 13.0. The van der Waals surface area contributed by atoms with Crippen molar-refractivity contribution >= 4 is 5.97 Å². The molecule has 0 saturated carbocycles. The molecule has 0 heterocycles. The van der Waals surface area contributed by atoms with Gasteiger partial charge < -0.3 is 9.47 Å². The molecule has 1 rings (SSSR count). The molecule has 0 radical (unpaired) electrons. The zero-order valence-electron chi connectivity index (χ0n) is 8.73. The number of rotatable bonds is 4. The highest BCUT2D eigenvalue weighted by atomic mass is 19.2. The molecule has 0 aromatic heterocycles. The predicted octanol–water partition coefficient (Wildman–Crippen LogP) is 2.18. The minimum atomic E-state index is -2.00. The van der Waals surface area contributed by atoms with Crippen molar-refractivity contribution in [2.75, 3.05) is 13.2 Å². The Morgan fingerprint density at radius 2 is 1.82 bits per heavy atom. The average molecular weight is 252 g/mol. The van der Waals surface area contributed by atoms with Crippen molar-refractivity contribution in [2.45, 2.75) is 6.92 Å². The van der Waals surface area contributed by atoms with Crippen LogP contribution in [0.4, 0.5) is 17.6 Å². The Morgan fingerprint density at radius 1 is 1.18 bits per heavy atom. The second-order valence-corrected chi connectivity index (χ2v) is 2.89. The second kappa shape index (κ2) is 5.51. The summed E-state index contributed by atoms with van der Waals surface area (Å²) in [4.78, 5) is 10.8. The van der Waals surface area contributed by atoms with E-state index in [4.69, 9.17) is 0 Å². The van der Waals surface area contributed by atoms with Crippen LogP contribution in [-0.4, -0.2) is 19.2 Å². The maximum atomic E-state index is 13.0. The molecule has 0 aliphatic rings. The summed E-state index contributed by atoms with van der Waals surface area (Å²) in [7, 11) is 0. The van der Waals surface area contributed by atoms with Gasteiger partial charge in [0.05, 0.1) is 6.61 Å².